The van der Waals surface area contributed by atoms with Gasteiger partial charge in [-0.25, -0.2) is 9.67 Å². The van der Waals surface area contributed by atoms with Crippen molar-refractivity contribution in [2.24, 2.45) is 0 Å². The molecule has 0 saturated carbocycles. The van der Waals surface area contributed by atoms with Crippen LogP contribution in [0.1, 0.15) is 11.3 Å². The van der Waals surface area contributed by atoms with Gasteiger partial charge in [-0.05, 0) is 48.6 Å². The molecular formula is C17H12ClN3S. The quantitative estimate of drug-likeness (QED) is 0.526. The fourth-order valence-electron chi connectivity index (χ4n) is 1.87. The first-order chi connectivity index (χ1) is 10.8. The second kappa shape index (κ2) is 6.69. The second-order valence-corrected chi connectivity index (χ2v) is 5.68. The molecule has 0 N–H and O–H groups in total. The molecule has 0 aliphatic carbocycles. The van der Waals surface area contributed by atoms with E-state index in [0.717, 1.165) is 5.69 Å². The highest BCUT2D eigenvalue weighted by Gasteiger charge is 2.06. The minimum absolute atomic E-state index is 0.386. The van der Waals surface area contributed by atoms with Gasteiger partial charge in [0.05, 0.1) is 11.3 Å². The smallest absolute Gasteiger partial charge is 0.167 e. The second-order valence-electron chi connectivity index (χ2n) is 4.44. The van der Waals surface area contributed by atoms with Crippen molar-refractivity contribution in [3.63, 3.8) is 0 Å². The molecule has 22 heavy (non-hydrogen) atoms. The molecule has 108 valence electrons. The first kappa shape index (κ1) is 14.7. The standard InChI is InChI=1S/C17H12ClN3S/c1-22-16-9-7-15(8-10-16)21-12-13(17(18)20-21)5-6-14-4-2-3-11-19-14/h2-4,7-12H,1H3. The third-order valence-corrected chi connectivity index (χ3v) is 4.02. The summed E-state index contributed by atoms with van der Waals surface area (Å²) < 4.78 is 1.73. The number of benzene rings is 1. The van der Waals surface area contributed by atoms with Crippen molar-refractivity contribution < 1.29 is 0 Å². The Labute approximate surface area is 138 Å². The molecule has 1 aromatic carbocycles. The number of rotatable bonds is 2. The molecule has 0 atom stereocenters. The van der Waals surface area contributed by atoms with Gasteiger partial charge < -0.3 is 0 Å². The highest BCUT2D eigenvalue weighted by atomic mass is 35.5. The Hall–Kier alpha value is -2.22. The Morgan fingerprint density at radius 1 is 1.09 bits per heavy atom. The van der Waals surface area contributed by atoms with Crippen LogP contribution in [0.5, 0.6) is 0 Å². The Kier molecular flexibility index (Phi) is 4.47. The zero-order valence-electron chi connectivity index (χ0n) is 11.8. The molecule has 0 saturated heterocycles. The van der Waals surface area contributed by atoms with Gasteiger partial charge in [0, 0.05) is 17.3 Å². The predicted octanol–water partition coefficient (Wildman–Crippen LogP) is 4.04. The number of thioether (sulfide) groups is 1. The topological polar surface area (TPSA) is 30.7 Å². The molecule has 0 aliphatic rings. The van der Waals surface area contributed by atoms with Gasteiger partial charge in [-0.1, -0.05) is 23.6 Å². The summed E-state index contributed by atoms with van der Waals surface area (Å²) in [5, 5.41) is 4.69. The zero-order valence-corrected chi connectivity index (χ0v) is 13.4. The van der Waals surface area contributed by atoms with Gasteiger partial charge in [-0.15, -0.1) is 11.8 Å². The predicted molar refractivity (Wildman–Crippen MR) is 90.6 cm³/mol. The van der Waals surface area contributed by atoms with Crippen LogP contribution in [-0.4, -0.2) is 21.0 Å². The van der Waals surface area contributed by atoms with Crippen molar-refractivity contribution in [3.8, 4) is 17.5 Å². The van der Waals surface area contributed by atoms with Crippen LogP contribution in [0.3, 0.4) is 0 Å². The lowest BCUT2D eigenvalue weighted by Crippen LogP contribution is -1.93. The Morgan fingerprint density at radius 2 is 1.91 bits per heavy atom. The molecule has 0 amide bonds. The summed E-state index contributed by atoms with van der Waals surface area (Å²) in [5.74, 6) is 5.99. The molecule has 3 rings (SSSR count). The van der Waals surface area contributed by atoms with E-state index in [-0.39, 0.29) is 0 Å². The molecule has 0 bridgehead atoms. The van der Waals surface area contributed by atoms with Gasteiger partial charge in [0.15, 0.2) is 5.15 Å². The third kappa shape index (κ3) is 3.33. The fraction of sp³-hybridized carbons (Fsp3) is 0.0588. The molecule has 0 fully saturated rings. The molecule has 5 heteroatoms. The van der Waals surface area contributed by atoms with Crippen LogP contribution >= 0.6 is 23.4 Å². The van der Waals surface area contributed by atoms with E-state index in [1.807, 2.05) is 42.8 Å². The lowest BCUT2D eigenvalue weighted by molar-refractivity contribution is 0.879. The monoisotopic (exact) mass is 325 g/mol. The van der Waals surface area contributed by atoms with E-state index in [2.05, 4.69) is 34.1 Å². The van der Waals surface area contributed by atoms with E-state index in [9.17, 15) is 0 Å². The van der Waals surface area contributed by atoms with Gasteiger partial charge in [0.2, 0.25) is 0 Å². The Morgan fingerprint density at radius 3 is 2.59 bits per heavy atom. The Bertz CT molecular complexity index is 830. The maximum Gasteiger partial charge on any atom is 0.167 e. The van der Waals surface area contributed by atoms with Gasteiger partial charge in [0.1, 0.15) is 5.69 Å². The summed E-state index contributed by atoms with van der Waals surface area (Å²) in [7, 11) is 0. The van der Waals surface area contributed by atoms with E-state index in [0.29, 0.717) is 16.4 Å². The van der Waals surface area contributed by atoms with E-state index in [4.69, 9.17) is 11.6 Å². The summed E-state index contributed by atoms with van der Waals surface area (Å²) in [6.07, 6.45) is 5.58. The third-order valence-electron chi connectivity index (χ3n) is 3.00. The highest BCUT2D eigenvalue weighted by molar-refractivity contribution is 7.98. The normalized spacial score (nSPS) is 10.1. The molecule has 0 aliphatic heterocycles. The summed E-state index contributed by atoms with van der Waals surface area (Å²) in [6, 6.07) is 13.7. The van der Waals surface area contributed by atoms with Gasteiger partial charge in [-0.3, -0.25) is 0 Å². The largest absolute Gasteiger partial charge is 0.248 e. The zero-order chi connectivity index (χ0) is 15.4. The van der Waals surface area contributed by atoms with Crippen molar-refractivity contribution >= 4 is 23.4 Å². The lowest BCUT2D eigenvalue weighted by Gasteiger charge is -2.01. The van der Waals surface area contributed by atoms with E-state index in [1.165, 1.54) is 4.90 Å². The number of halogens is 1. The molecule has 2 aromatic heterocycles. The number of pyridine rings is 1. The van der Waals surface area contributed by atoms with Crippen LogP contribution in [0.4, 0.5) is 0 Å². The van der Waals surface area contributed by atoms with E-state index < -0.39 is 0 Å². The fourth-order valence-corrected chi connectivity index (χ4v) is 2.46. The van der Waals surface area contributed by atoms with Crippen molar-refractivity contribution in [1.29, 1.82) is 0 Å². The summed E-state index contributed by atoms with van der Waals surface area (Å²) in [5.41, 5.74) is 2.34. The molecule has 0 spiro atoms. The molecule has 0 radical (unpaired) electrons. The molecule has 3 aromatic rings. The van der Waals surface area contributed by atoms with Crippen LogP contribution in [-0.2, 0) is 0 Å². The first-order valence-electron chi connectivity index (χ1n) is 6.59. The van der Waals surface area contributed by atoms with Gasteiger partial charge in [-0.2, -0.15) is 5.10 Å². The van der Waals surface area contributed by atoms with Crippen molar-refractivity contribution in [3.05, 3.63) is 71.3 Å². The summed E-state index contributed by atoms with van der Waals surface area (Å²) in [4.78, 5) is 5.37. The van der Waals surface area contributed by atoms with E-state index >= 15 is 0 Å². The molecule has 2 heterocycles. The SMILES string of the molecule is CSc1ccc(-n2cc(C#Cc3ccccn3)c(Cl)n2)cc1. The number of hydrogen-bond donors (Lipinski definition) is 0. The highest BCUT2D eigenvalue weighted by Crippen LogP contribution is 2.19. The van der Waals surface area contributed by atoms with Gasteiger partial charge >= 0.3 is 0 Å². The molecule has 0 unspecified atom stereocenters. The number of hydrogen-bond acceptors (Lipinski definition) is 3. The van der Waals surface area contributed by atoms with Crippen LogP contribution < -0.4 is 0 Å². The minimum Gasteiger partial charge on any atom is -0.248 e. The van der Waals surface area contributed by atoms with Crippen molar-refractivity contribution in [2.45, 2.75) is 4.90 Å². The van der Waals surface area contributed by atoms with Crippen molar-refractivity contribution in [2.75, 3.05) is 6.26 Å². The minimum atomic E-state index is 0.386. The molecular weight excluding hydrogens is 314 g/mol. The maximum absolute atomic E-state index is 6.16. The number of aromatic nitrogens is 3. The van der Waals surface area contributed by atoms with Crippen LogP contribution in [0.25, 0.3) is 5.69 Å². The van der Waals surface area contributed by atoms with Crippen LogP contribution in [0.2, 0.25) is 5.15 Å². The van der Waals surface area contributed by atoms with Gasteiger partial charge in [0.25, 0.3) is 0 Å². The van der Waals surface area contributed by atoms with Crippen molar-refractivity contribution in [1.82, 2.24) is 14.8 Å². The Balaban J connectivity index is 1.89. The lowest BCUT2D eigenvalue weighted by atomic mass is 10.3. The number of nitrogens with zero attached hydrogens (tertiary/aromatic N) is 3. The maximum atomic E-state index is 6.16. The average molecular weight is 326 g/mol. The average Bonchev–Trinajstić information content (AvgIpc) is 2.95. The van der Waals surface area contributed by atoms with E-state index in [1.54, 1.807) is 22.6 Å². The summed E-state index contributed by atoms with van der Waals surface area (Å²) >= 11 is 7.86. The van der Waals surface area contributed by atoms with Crippen LogP contribution in [0.15, 0.2) is 59.8 Å². The first-order valence-corrected chi connectivity index (χ1v) is 8.19. The summed E-state index contributed by atoms with van der Waals surface area (Å²) in [6.45, 7) is 0. The molecule has 3 nitrogen and oxygen atoms in total. The van der Waals surface area contributed by atoms with Crippen LogP contribution in [0, 0.1) is 11.8 Å².